The van der Waals surface area contributed by atoms with Crippen LogP contribution in [-0.2, 0) is 15.0 Å². The number of allylic oxidation sites excluding steroid dienone is 2. The Balaban J connectivity index is 2.69. The zero-order chi connectivity index (χ0) is 17.2. The molecule has 1 aliphatic carbocycles. The van der Waals surface area contributed by atoms with Crippen LogP contribution in [0.4, 0.5) is 0 Å². The molecule has 0 bridgehead atoms. The fourth-order valence-electron chi connectivity index (χ4n) is 2.93. The van der Waals surface area contributed by atoms with Crippen LogP contribution in [-0.4, -0.2) is 36.4 Å². The van der Waals surface area contributed by atoms with E-state index in [2.05, 4.69) is 0 Å². The van der Waals surface area contributed by atoms with E-state index in [1.807, 2.05) is 0 Å². The maximum absolute atomic E-state index is 12.1. The average Bonchev–Trinajstić information content (AvgIpc) is 2.54. The lowest BCUT2D eigenvalue weighted by Gasteiger charge is -2.36. The van der Waals surface area contributed by atoms with Crippen LogP contribution in [0, 0.1) is 5.92 Å². The molecular weight excluding hydrogens is 300 g/mol. The number of hydrogen-bond acceptors (Lipinski definition) is 4. The smallest absolute Gasteiger partial charge is 0.331 e. The first-order chi connectivity index (χ1) is 10.9. The molecule has 0 fully saturated rings. The van der Waals surface area contributed by atoms with E-state index in [1.165, 1.54) is 32.4 Å². The van der Waals surface area contributed by atoms with Crippen LogP contribution in [0.2, 0.25) is 0 Å². The first-order valence-electron chi connectivity index (χ1n) is 6.97. The Morgan fingerprint density at radius 3 is 2.39 bits per heavy atom. The summed E-state index contributed by atoms with van der Waals surface area (Å²) >= 11 is 0. The topological polar surface area (TPSA) is 93.1 Å². The van der Waals surface area contributed by atoms with Gasteiger partial charge in [0.05, 0.1) is 14.2 Å². The van der Waals surface area contributed by atoms with Gasteiger partial charge >= 0.3 is 11.9 Å². The van der Waals surface area contributed by atoms with E-state index in [9.17, 15) is 19.8 Å². The van der Waals surface area contributed by atoms with Crippen molar-refractivity contribution in [3.05, 3.63) is 47.6 Å². The van der Waals surface area contributed by atoms with Gasteiger partial charge in [-0.05, 0) is 6.07 Å². The quantitative estimate of drug-likeness (QED) is 0.865. The summed E-state index contributed by atoms with van der Waals surface area (Å²) in [6.45, 7) is 1.58. The van der Waals surface area contributed by atoms with Gasteiger partial charge in [-0.25, -0.2) is 4.79 Å². The lowest BCUT2D eigenvalue weighted by atomic mass is 9.65. The highest BCUT2D eigenvalue weighted by molar-refractivity contribution is 5.94. The van der Waals surface area contributed by atoms with E-state index in [4.69, 9.17) is 9.47 Å². The molecule has 0 saturated carbocycles. The van der Waals surface area contributed by atoms with Gasteiger partial charge in [0.25, 0.3) is 0 Å². The minimum atomic E-state index is -1.53. The summed E-state index contributed by atoms with van der Waals surface area (Å²) in [4.78, 5) is 23.5. The molecular formula is C17H18O6. The zero-order valence-electron chi connectivity index (χ0n) is 13.1. The summed E-state index contributed by atoms with van der Waals surface area (Å²) in [6.07, 6.45) is 4.38. The van der Waals surface area contributed by atoms with E-state index >= 15 is 0 Å². The molecule has 0 amide bonds. The van der Waals surface area contributed by atoms with Crippen molar-refractivity contribution in [2.24, 2.45) is 5.92 Å². The van der Waals surface area contributed by atoms with Crippen LogP contribution in [0.3, 0.4) is 0 Å². The molecule has 1 aromatic carbocycles. The average molecular weight is 318 g/mol. The normalized spacial score (nSPS) is 23.1. The third-order valence-corrected chi connectivity index (χ3v) is 4.24. The fourth-order valence-corrected chi connectivity index (χ4v) is 2.93. The number of ether oxygens (including phenoxy) is 2. The van der Waals surface area contributed by atoms with Gasteiger partial charge in [0, 0.05) is 23.1 Å². The van der Waals surface area contributed by atoms with Crippen molar-refractivity contribution in [3.8, 4) is 11.5 Å². The number of carbonyl (C=O) groups is 2. The molecule has 2 rings (SSSR count). The predicted molar refractivity (Wildman–Crippen MR) is 82.9 cm³/mol. The van der Waals surface area contributed by atoms with Crippen molar-refractivity contribution >= 4 is 11.9 Å². The lowest BCUT2D eigenvalue weighted by Crippen LogP contribution is -2.43. The minimum Gasteiger partial charge on any atom is -0.497 e. The Labute approximate surface area is 133 Å². The van der Waals surface area contributed by atoms with Gasteiger partial charge in [-0.1, -0.05) is 31.2 Å². The Morgan fingerprint density at radius 1 is 1.17 bits per heavy atom. The Hall–Kier alpha value is -2.76. The summed E-state index contributed by atoms with van der Waals surface area (Å²) < 4.78 is 10.4. The second kappa shape index (κ2) is 6.16. The molecule has 6 nitrogen and oxygen atoms in total. The Bertz CT molecular complexity index is 703. The molecule has 2 N–H and O–H groups in total. The van der Waals surface area contributed by atoms with E-state index in [-0.39, 0.29) is 5.57 Å². The molecule has 0 spiro atoms. The Morgan fingerprint density at radius 2 is 1.87 bits per heavy atom. The summed E-state index contributed by atoms with van der Waals surface area (Å²) in [5.41, 5.74) is -1.11. The first-order valence-corrected chi connectivity index (χ1v) is 6.97. The Kier molecular flexibility index (Phi) is 4.45. The van der Waals surface area contributed by atoms with Gasteiger partial charge in [-0.15, -0.1) is 0 Å². The van der Waals surface area contributed by atoms with E-state index in [1.54, 1.807) is 25.1 Å². The van der Waals surface area contributed by atoms with Gasteiger partial charge in [0.15, 0.2) is 0 Å². The van der Waals surface area contributed by atoms with Crippen molar-refractivity contribution in [3.63, 3.8) is 0 Å². The van der Waals surface area contributed by atoms with E-state index in [0.717, 1.165) is 0 Å². The highest BCUT2D eigenvalue weighted by atomic mass is 16.5. The number of aliphatic carboxylic acids is 2. The summed E-state index contributed by atoms with van der Waals surface area (Å²) in [7, 11) is 2.93. The van der Waals surface area contributed by atoms with Crippen LogP contribution in [0.25, 0.3) is 0 Å². The van der Waals surface area contributed by atoms with Crippen molar-refractivity contribution < 1.29 is 29.3 Å². The van der Waals surface area contributed by atoms with Crippen LogP contribution in [0.1, 0.15) is 12.5 Å². The largest absolute Gasteiger partial charge is 0.497 e. The van der Waals surface area contributed by atoms with Crippen LogP contribution < -0.4 is 9.47 Å². The van der Waals surface area contributed by atoms with Gasteiger partial charge in [-0.3, -0.25) is 4.79 Å². The minimum absolute atomic E-state index is 0.0350. The highest BCUT2D eigenvalue weighted by Gasteiger charge is 2.49. The molecule has 6 heteroatoms. The van der Waals surface area contributed by atoms with Crippen LogP contribution in [0.5, 0.6) is 11.5 Å². The molecule has 23 heavy (non-hydrogen) atoms. The van der Waals surface area contributed by atoms with E-state index < -0.39 is 23.3 Å². The summed E-state index contributed by atoms with van der Waals surface area (Å²) in [5.74, 6) is -2.20. The van der Waals surface area contributed by atoms with Crippen molar-refractivity contribution in [2.75, 3.05) is 14.2 Å². The predicted octanol–water partition coefficient (Wildman–Crippen LogP) is 2.24. The molecule has 2 unspecified atom stereocenters. The summed E-state index contributed by atoms with van der Waals surface area (Å²) in [5, 5.41) is 19.2. The maximum atomic E-state index is 12.1. The molecule has 0 aliphatic heterocycles. The van der Waals surface area contributed by atoms with Gasteiger partial charge in [-0.2, -0.15) is 0 Å². The third kappa shape index (κ3) is 2.56. The van der Waals surface area contributed by atoms with Crippen molar-refractivity contribution in [1.29, 1.82) is 0 Å². The molecule has 1 aliphatic rings. The van der Waals surface area contributed by atoms with Crippen LogP contribution >= 0.6 is 0 Å². The number of rotatable bonds is 5. The lowest BCUT2D eigenvalue weighted by molar-refractivity contribution is -0.143. The second-order valence-electron chi connectivity index (χ2n) is 5.25. The number of methoxy groups -OCH3 is 2. The SMILES string of the molecule is COc1ccc(C2(C(=O)O)C=CC=C(C(=O)O)C2C)c(OC)c1. The fraction of sp³-hybridized carbons (Fsp3) is 0.294. The molecule has 0 radical (unpaired) electrons. The number of carboxylic acids is 2. The van der Waals surface area contributed by atoms with Gasteiger partial charge in [0.1, 0.15) is 16.9 Å². The highest BCUT2D eigenvalue weighted by Crippen LogP contribution is 2.45. The molecule has 0 saturated heterocycles. The number of carboxylic acid groups (broad SMARTS) is 2. The molecule has 1 aromatic rings. The second-order valence-corrected chi connectivity index (χ2v) is 5.25. The standard InChI is InChI=1S/C17H18O6/c1-10-12(15(18)19)5-4-8-17(10,16(20)21)13-7-6-11(22-2)9-14(13)23-3/h4-10H,1-3H3,(H,18,19)(H,20,21). The number of hydrogen-bond donors (Lipinski definition) is 2. The zero-order valence-corrected chi connectivity index (χ0v) is 13.1. The molecule has 0 heterocycles. The van der Waals surface area contributed by atoms with Gasteiger partial charge in [0.2, 0.25) is 0 Å². The number of benzene rings is 1. The van der Waals surface area contributed by atoms with E-state index in [0.29, 0.717) is 17.1 Å². The molecule has 122 valence electrons. The maximum Gasteiger partial charge on any atom is 0.331 e. The first kappa shape index (κ1) is 16.6. The van der Waals surface area contributed by atoms with Crippen molar-refractivity contribution in [2.45, 2.75) is 12.3 Å². The third-order valence-electron chi connectivity index (χ3n) is 4.24. The van der Waals surface area contributed by atoms with Gasteiger partial charge < -0.3 is 19.7 Å². The monoisotopic (exact) mass is 318 g/mol. The van der Waals surface area contributed by atoms with Crippen LogP contribution in [0.15, 0.2) is 42.0 Å². The van der Waals surface area contributed by atoms with Crippen molar-refractivity contribution in [1.82, 2.24) is 0 Å². The summed E-state index contributed by atoms with van der Waals surface area (Å²) in [6, 6.07) is 4.80. The molecule has 0 aromatic heterocycles. The molecule has 2 atom stereocenters.